The van der Waals surface area contributed by atoms with Gasteiger partial charge in [0, 0.05) is 13.0 Å². The standard InChI is InChI=1S/C14H22N2O2.ClH/c1-3-12-10(2)7-13(18-12)14(17)16-9-11-5-4-6-15-8-11;/h7,11,15H,3-6,8-9H2,1-2H3,(H,16,17);1H. The second-order valence-electron chi connectivity index (χ2n) is 4.99. The van der Waals surface area contributed by atoms with Gasteiger partial charge in [-0.2, -0.15) is 0 Å². The molecule has 0 radical (unpaired) electrons. The van der Waals surface area contributed by atoms with Crippen molar-refractivity contribution in [3.63, 3.8) is 0 Å². The second kappa shape index (κ2) is 7.56. The fourth-order valence-corrected chi connectivity index (χ4v) is 2.41. The van der Waals surface area contributed by atoms with Crippen LogP contribution in [0.25, 0.3) is 0 Å². The van der Waals surface area contributed by atoms with E-state index < -0.39 is 0 Å². The normalized spacial score (nSPS) is 18.7. The summed E-state index contributed by atoms with van der Waals surface area (Å²) >= 11 is 0. The van der Waals surface area contributed by atoms with Gasteiger partial charge < -0.3 is 15.1 Å². The molecule has 1 aromatic heterocycles. The zero-order valence-electron chi connectivity index (χ0n) is 11.6. The Morgan fingerprint density at radius 3 is 2.95 bits per heavy atom. The Bertz CT molecular complexity index is 412. The molecule has 2 rings (SSSR count). The molecule has 1 aliphatic heterocycles. The average Bonchev–Trinajstić information content (AvgIpc) is 2.78. The van der Waals surface area contributed by atoms with Crippen LogP contribution in [0.5, 0.6) is 0 Å². The van der Waals surface area contributed by atoms with Gasteiger partial charge in [0.15, 0.2) is 5.76 Å². The van der Waals surface area contributed by atoms with E-state index in [1.54, 1.807) is 0 Å². The van der Waals surface area contributed by atoms with Crippen LogP contribution in [0.15, 0.2) is 10.5 Å². The van der Waals surface area contributed by atoms with Crippen LogP contribution in [-0.2, 0) is 6.42 Å². The molecule has 2 N–H and O–H groups in total. The van der Waals surface area contributed by atoms with Crippen LogP contribution in [0.4, 0.5) is 0 Å². The fraction of sp³-hybridized carbons (Fsp3) is 0.643. The van der Waals surface area contributed by atoms with E-state index in [-0.39, 0.29) is 18.3 Å². The number of furan rings is 1. The van der Waals surface area contributed by atoms with Crippen molar-refractivity contribution in [3.8, 4) is 0 Å². The lowest BCUT2D eigenvalue weighted by Gasteiger charge is -2.22. The Hall–Kier alpha value is -1.00. The molecule has 1 saturated heterocycles. The van der Waals surface area contributed by atoms with Gasteiger partial charge in [-0.15, -0.1) is 12.4 Å². The van der Waals surface area contributed by atoms with E-state index >= 15 is 0 Å². The van der Waals surface area contributed by atoms with Gasteiger partial charge in [-0.1, -0.05) is 6.92 Å². The number of hydrogen-bond donors (Lipinski definition) is 2. The van der Waals surface area contributed by atoms with E-state index in [0.717, 1.165) is 37.4 Å². The van der Waals surface area contributed by atoms with Crippen LogP contribution in [0.3, 0.4) is 0 Å². The molecule has 0 aliphatic carbocycles. The molecule has 1 fully saturated rings. The maximum Gasteiger partial charge on any atom is 0.287 e. The number of amides is 1. The molecule has 5 heteroatoms. The Morgan fingerprint density at radius 2 is 2.37 bits per heavy atom. The number of hydrogen-bond acceptors (Lipinski definition) is 3. The first kappa shape index (κ1) is 16.1. The SMILES string of the molecule is CCc1oc(C(=O)NCC2CCCNC2)cc1C.Cl. The predicted molar refractivity (Wildman–Crippen MR) is 78.0 cm³/mol. The van der Waals surface area contributed by atoms with Gasteiger partial charge in [0.05, 0.1) is 0 Å². The van der Waals surface area contributed by atoms with Crippen molar-refractivity contribution in [1.82, 2.24) is 10.6 Å². The van der Waals surface area contributed by atoms with Crippen LogP contribution in [0, 0.1) is 12.8 Å². The summed E-state index contributed by atoms with van der Waals surface area (Å²) in [4.78, 5) is 11.9. The lowest BCUT2D eigenvalue weighted by atomic mass is 10.00. The molecule has 0 aromatic carbocycles. The van der Waals surface area contributed by atoms with Crippen LogP contribution in [-0.4, -0.2) is 25.5 Å². The summed E-state index contributed by atoms with van der Waals surface area (Å²) in [6, 6.07) is 1.83. The monoisotopic (exact) mass is 286 g/mol. The average molecular weight is 287 g/mol. The lowest BCUT2D eigenvalue weighted by molar-refractivity contribution is 0.0915. The fourth-order valence-electron chi connectivity index (χ4n) is 2.41. The first-order valence-corrected chi connectivity index (χ1v) is 6.79. The van der Waals surface area contributed by atoms with Crippen molar-refractivity contribution >= 4 is 18.3 Å². The quantitative estimate of drug-likeness (QED) is 0.893. The molecule has 1 aromatic rings. The number of rotatable bonds is 4. The molecule has 2 heterocycles. The highest BCUT2D eigenvalue weighted by atomic mass is 35.5. The molecule has 0 spiro atoms. The number of piperidine rings is 1. The summed E-state index contributed by atoms with van der Waals surface area (Å²) in [5.74, 6) is 1.79. The number of carbonyl (C=O) groups excluding carboxylic acids is 1. The Morgan fingerprint density at radius 1 is 1.58 bits per heavy atom. The molecule has 0 saturated carbocycles. The largest absolute Gasteiger partial charge is 0.456 e. The van der Waals surface area contributed by atoms with E-state index in [2.05, 4.69) is 10.6 Å². The zero-order valence-corrected chi connectivity index (χ0v) is 12.4. The van der Waals surface area contributed by atoms with E-state index in [0.29, 0.717) is 11.7 Å². The van der Waals surface area contributed by atoms with Crippen molar-refractivity contribution in [2.75, 3.05) is 19.6 Å². The van der Waals surface area contributed by atoms with Gasteiger partial charge in [0.25, 0.3) is 5.91 Å². The summed E-state index contributed by atoms with van der Waals surface area (Å²) < 4.78 is 5.54. The molecule has 1 aliphatic rings. The minimum Gasteiger partial charge on any atom is -0.456 e. The molecule has 19 heavy (non-hydrogen) atoms. The summed E-state index contributed by atoms with van der Waals surface area (Å²) in [7, 11) is 0. The third-order valence-electron chi connectivity index (χ3n) is 3.52. The van der Waals surface area contributed by atoms with Gasteiger partial charge in [-0.25, -0.2) is 0 Å². The minimum atomic E-state index is -0.0941. The lowest BCUT2D eigenvalue weighted by Crippen LogP contribution is -2.38. The molecule has 4 nitrogen and oxygen atoms in total. The maximum absolute atomic E-state index is 11.9. The second-order valence-corrected chi connectivity index (χ2v) is 4.99. The number of aryl methyl sites for hydroxylation is 2. The summed E-state index contributed by atoms with van der Waals surface area (Å²) in [6.45, 7) is 6.83. The Kier molecular flexibility index (Phi) is 6.38. The van der Waals surface area contributed by atoms with Gasteiger partial charge in [-0.05, 0) is 50.4 Å². The molecular weight excluding hydrogens is 264 g/mol. The first-order valence-electron chi connectivity index (χ1n) is 6.79. The third-order valence-corrected chi connectivity index (χ3v) is 3.52. The zero-order chi connectivity index (χ0) is 13.0. The molecule has 1 atom stereocenters. The van der Waals surface area contributed by atoms with Crippen LogP contribution >= 0.6 is 12.4 Å². The smallest absolute Gasteiger partial charge is 0.287 e. The van der Waals surface area contributed by atoms with E-state index in [9.17, 15) is 4.79 Å². The summed E-state index contributed by atoms with van der Waals surface area (Å²) in [5, 5.41) is 6.31. The highest BCUT2D eigenvalue weighted by molar-refractivity contribution is 5.91. The highest BCUT2D eigenvalue weighted by Crippen LogP contribution is 2.15. The van der Waals surface area contributed by atoms with E-state index in [1.807, 2.05) is 19.9 Å². The van der Waals surface area contributed by atoms with Crippen molar-refractivity contribution in [2.24, 2.45) is 5.92 Å². The van der Waals surface area contributed by atoms with Gasteiger partial charge in [0.1, 0.15) is 5.76 Å². The summed E-state index contributed by atoms with van der Waals surface area (Å²) in [6.07, 6.45) is 3.21. The first-order chi connectivity index (χ1) is 8.70. The Balaban J connectivity index is 0.00000180. The van der Waals surface area contributed by atoms with Crippen LogP contribution < -0.4 is 10.6 Å². The van der Waals surface area contributed by atoms with Crippen LogP contribution in [0.2, 0.25) is 0 Å². The van der Waals surface area contributed by atoms with Crippen LogP contribution in [0.1, 0.15) is 41.6 Å². The number of halogens is 1. The number of carbonyl (C=O) groups is 1. The Labute approximate surface area is 120 Å². The van der Waals surface area contributed by atoms with Gasteiger partial charge in [0.2, 0.25) is 0 Å². The third kappa shape index (κ3) is 4.25. The maximum atomic E-state index is 11.9. The number of nitrogens with one attached hydrogen (secondary N) is 2. The minimum absolute atomic E-state index is 0. The van der Waals surface area contributed by atoms with Crippen molar-refractivity contribution in [3.05, 3.63) is 23.2 Å². The van der Waals surface area contributed by atoms with E-state index in [4.69, 9.17) is 4.42 Å². The topological polar surface area (TPSA) is 54.3 Å². The predicted octanol–water partition coefficient (Wildman–Crippen LogP) is 2.30. The van der Waals surface area contributed by atoms with E-state index in [1.165, 1.54) is 12.8 Å². The van der Waals surface area contributed by atoms with Gasteiger partial charge in [-0.3, -0.25) is 4.79 Å². The molecule has 1 amide bonds. The van der Waals surface area contributed by atoms with Crippen molar-refractivity contribution in [2.45, 2.75) is 33.1 Å². The highest BCUT2D eigenvalue weighted by Gasteiger charge is 2.17. The molecule has 0 bridgehead atoms. The van der Waals surface area contributed by atoms with Crippen molar-refractivity contribution in [1.29, 1.82) is 0 Å². The summed E-state index contributed by atoms with van der Waals surface area (Å²) in [5.41, 5.74) is 1.06. The molecule has 1 unspecified atom stereocenters. The molecular formula is C14H23ClN2O2. The van der Waals surface area contributed by atoms with Gasteiger partial charge >= 0.3 is 0 Å². The van der Waals surface area contributed by atoms with Crippen molar-refractivity contribution < 1.29 is 9.21 Å². The molecule has 108 valence electrons.